The van der Waals surface area contributed by atoms with Gasteiger partial charge in [-0.15, -0.1) is 0 Å². The number of hydrogen-bond donors (Lipinski definition) is 0. The Labute approximate surface area is 218 Å². The van der Waals surface area contributed by atoms with E-state index in [1.807, 2.05) is 6.07 Å². The minimum Gasteiger partial charge on any atom is -0.491 e. The van der Waals surface area contributed by atoms with E-state index in [1.165, 1.54) is 6.07 Å². The predicted octanol–water partition coefficient (Wildman–Crippen LogP) is 8.85. The Morgan fingerprint density at radius 3 is 2.24 bits per heavy atom. The number of carbonyl (C=O) groups is 1. The summed E-state index contributed by atoms with van der Waals surface area (Å²) in [6.07, 6.45) is 8.99. The fourth-order valence-corrected chi connectivity index (χ4v) is 5.76. The van der Waals surface area contributed by atoms with Crippen molar-refractivity contribution in [2.45, 2.75) is 102 Å². The van der Waals surface area contributed by atoms with Gasteiger partial charge in [0, 0.05) is 0 Å². The molecule has 202 valence electrons. The Bertz CT molecular complexity index is 1050. The molecule has 3 nitrogen and oxygen atoms in total. The molecule has 6 heteroatoms. The summed E-state index contributed by atoms with van der Waals surface area (Å²) < 4.78 is 55.4. The fraction of sp³-hybridized carbons (Fsp3) is 0.581. The molecule has 2 aromatic rings. The quantitative estimate of drug-likeness (QED) is 0.247. The van der Waals surface area contributed by atoms with Crippen molar-refractivity contribution in [1.29, 1.82) is 0 Å². The standard InChI is InChI=1S/C31H39F3O3/c1-3-4-5-18-36-28-17-12-23(19-27(28)32)21-10-13-24(14-11-21)37-31(35)26-16-15-25(29(33)30(26)34)22-8-6-20(2)7-9-22/h12,15-17,19-22,24H,3-11,13-14,18H2,1-2H3. The van der Waals surface area contributed by atoms with E-state index in [1.54, 1.807) is 18.2 Å². The third-order valence-electron chi connectivity index (χ3n) is 8.17. The van der Waals surface area contributed by atoms with E-state index in [4.69, 9.17) is 9.47 Å². The summed E-state index contributed by atoms with van der Waals surface area (Å²) in [6.45, 7) is 4.80. The first kappa shape index (κ1) is 27.5. The number of halogens is 3. The molecule has 0 heterocycles. The van der Waals surface area contributed by atoms with Gasteiger partial charge >= 0.3 is 5.97 Å². The van der Waals surface area contributed by atoms with Crippen molar-refractivity contribution in [3.63, 3.8) is 0 Å². The van der Waals surface area contributed by atoms with Crippen LogP contribution in [0.25, 0.3) is 0 Å². The Morgan fingerprint density at radius 1 is 0.865 bits per heavy atom. The van der Waals surface area contributed by atoms with Gasteiger partial charge in [-0.1, -0.05) is 51.7 Å². The molecule has 0 radical (unpaired) electrons. The number of rotatable bonds is 9. The van der Waals surface area contributed by atoms with Crippen molar-refractivity contribution in [3.05, 3.63) is 64.5 Å². The minimum atomic E-state index is -1.11. The van der Waals surface area contributed by atoms with Crippen LogP contribution in [-0.4, -0.2) is 18.7 Å². The lowest BCUT2D eigenvalue weighted by Crippen LogP contribution is -2.25. The van der Waals surface area contributed by atoms with Crippen molar-refractivity contribution in [2.24, 2.45) is 5.92 Å². The molecule has 0 atom stereocenters. The summed E-state index contributed by atoms with van der Waals surface area (Å²) in [6, 6.07) is 8.06. The van der Waals surface area contributed by atoms with E-state index >= 15 is 0 Å². The summed E-state index contributed by atoms with van der Waals surface area (Å²) in [5, 5.41) is 0. The van der Waals surface area contributed by atoms with Crippen LogP contribution >= 0.6 is 0 Å². The SMILES string of the molecule is CCCCCOc1ccc(C2CCC(OC(=O)c3ccc(C4CCC(C)CC4)c(F)c3F)CC2)cc1F. The Morgan fingerprint density at radius 2 is 1.57 bits per heavy atom. The molecular formula is C31H39F3O3. The largest absolute Gasteiger partial charge is 0.491 e. The van der Waals surface area contributed by atoms with Crippen LogP contribution in [0.15, 0.2) is 30.3 Å². The van der Waals surface area contributed by atoms with E-state index in [0.29, 0.717) is 30.9 Å². The van der Waals surface area contributed by atoms with Gasteiger partial charge in [-0.05, 0) is 92.0 Å². The topological polar surface area (TPSA) is 35.5 Å². The van der Waals surface area contributed by atoms with Crippen LogP contribution in [0.1, 0.15) is 118 Å². The van der Waals surface area contributed by atoms with Gasteiger partial charge in [0.1, 0.15) is 6.10 Å². The average molecular weight is 517 g/mol. The highest BCUT2D eigenvalue weighted by Crippen LogP contribution is 2.38. The predicted molar refractivity (Wildman–Crippen MR) is 139 cm³/mol. The number of esters is 1. The van der Waals surface area contributed by atoms with Gasteiger partial charge in [-0.25, -0.2) is 18.0 Å². The van der Waals surface area contributed by atoms with Crippen molar-refractivity contribution in [3.8, 4) is 5.75 Å². The summed E-state index contributed by atoms with van der Waals surface area (Å²) in [5.74, 6) is -2.16. The minimum absolute atomic E-state index is 0.00225. The summed E-state index contributed by atoms with van der Waals surface area (Å²) >= 11 is 0. The molecule has 2 aliphatic rings. The van der Waals surface area contributed by atoms with Crippen LogP contribution in [0.2, 0.25) is 0 Å². The second kappa shape index (κ2) is 12.8. The smallest absolute Gasteiger partial charge is 0.341 e. The lowest BCUT2D eigenvalue weighted by Gasteiger charge is -2.29. The van der Waals surface area contributed by atoms with Gasteiger partial charge in [0.25, 0.3) is 0 Å². The Kier molecular flexibility index (Phi) is 9.55. The Balaban J connectivity index is 1.30. The first-order chi connectivity index (χ1) is 17.9. The molecule has 0 spiro atoms. The average Bonchev–Trinajstić information content (AvgIpc) is 2.90. The van der Waals surface area contributed by atoms with Crippen molar-refractivity contribution in [1.82, 2.24) is 0 Å². The highest BCUT2D eigenvalue weighted by atomic mass is 19.2. The molecule has 0 aliphatic heterocycles. The molecular weight excluding hydrogens is 477 g/mol. The maximum Gasteiger partial charge on any atom is 0.341 e. The monoisotopic (exact) mass is 516 g/mol. The molecule has 4 rings (SSSR count). The molecule has 2 aliphatic carbocycles. The summed E-state index contributed by atoms with van der Waals surface area (Å²) in [7, 11) is 0. The van der Waals surface area contributed by atoms with Crippen LogP contribution in [0.4, 0.5) is 13.2 Å². The van der Waals surface area contributed by atoms with E-state index < -0.39 is 17.6 Å². The van der Waals surface area contributed by atoms with E-state index in [-0.39, 0.29) is 35.1 Å². The lowest BCUT2D eigenvalue weighted by molar-refractivity contribution is 0.0189. The summed E-state index contributed by atoms with van der Waals surface area (Å²) in [5.41, 5.74) is 0.930. The first-order valence-electron chi connectivity index (χ1n) is 14.0. The van der Waals surface area contributed by atoms with Gasteiger partial charge in [0.05, 0.1) is 12.2 Å². The first-order valence-corrected chi connectivity index (χ1v) is 14.0. The molecule has 37 heavy (non-hydrogen) atoms. The van der Waals surface area contributed by atoms with E-state index in [2.05, 4.69) is 13.8 Å². The van der Waals surface area contributed by atoms with Crippen molar-refractivity contribution < 1.29 is 27.4 Å². The second-order valence-electron chi connectivity index (χ2n) is 10.9. The van der Waals surface area contributed by atoms with Crippen LogP contribution in [-0.2, 0) is 4.74 Å². The third-order valence-corrected chi connectivity index (χ3v) is 8.17. The lowest BCUT2D eigenvalue weighted by atomic mass is 9.79. The highest BCUT2D eigenvalue weighted by Gasteiger charge is 2.29. The molecule has 0 bridgehead atoms. The van der Waals surface area contributed by atoms with Gasteiger partial charge < -0.3 is 9.47 Å². The molecule has 0 aromatic heterocycles. The normalized spacial score (nSPS) is 24.0. The summed E-state index contributed by atoms with van der Waals surface area (Å²) in [4.78, 5) is 12.7. The van der Waals surface area contributed by atoms with Crippen LogP contribution in [0.3, 0.4) is 0 Å². The zero-order valence-corrected chi connectivity index (χ0v) is 22.0. The van der Waals surface area contributed by atoms with Gasteiger partial charge in [-0.2, -0.15) is 0 Å². The van der Waals surface area contributed by atoms with Crippen LogP contribution in [0.5, 0.6) is 5.75 Å². The number of hydrogen-bond acceptors (Lipinski definition) is 3. The van der Waals surface area contributed by atoms with Gasteiger partial charge in [-0.3, -0.25) is 0 Å². The molecule has 2 fully saturated rings. The fourth-order valence-electron chi connectivity index (χ4n) is 5.76. The van der Waals surface area contributed by atoms with Crippen molar-refractivity contribution >= 4 is 5.97 Å². The van der Waals surface area contributed by atoms with Gasteiger partial charge in [0.15, 0.2) is 23.2 Å². The maximum atomic E-state index is 14.9. The maximum absolute atomic E-state index is 14.9. The molecule has 0 unspecified atom stereocenters. The number of benzene rings is 2. The zero-order valence-electron chi connectivity index (χ0n) is 22.0. The highest BCUT2D eigenvalue weighted by molar-refractivity contribution is 5.90. The number of unbranched alkanes of at least 4 members (excludes halogenated alkanes) is 2. The van der Waals surface area contributed by atoms with Crippen molar-refractivity contribution in [2.75, 3.05) is 6.61 Å². The second-order valence-corrected chi connectivity index (χ2v) is 10.9. The van der Waals surface area contributed by atoms with E-state index in [9.17, 15) is 18.0 Å². The Hall–Kier alpha value is -2.50. The number of ether oxygens (including phenoxy) is 2. The third kappa shape index (κ3) is 6.88. The molecule has 2 aromatic carbocycles. The molecule has 0 saturated heterocycles. The zero-order chi connectivity index (χ0) is 26.4. The van der Waals surface area contributed by atoms with Gasteiger partial charge in [0.2, 0.25) is 0 Å². The molecule has 2 saturated carbocycles. The molecule has 0 amide bonds. The number of carbonyl (C=O) groups excluding carboxylic acids is 1. The van der Waals surface area contributed by atoms with Crippen LogP contribution < -0.4 is 4.74 Å². The van der Waals surface area contributed by atoms with E-state index in [0.717, 1.165) is 63.4 Å². The molecule has 0 N–H and O–H groups in total. The van der Waals surface area contributed by atoms with Crippen LogP contribution in [0, 0.1) is 23.4 Å².